The Morgan fingerprint density at radius 2 is 1.66 bits per heavy atom. The molecule has 224 valence electrons. The Morgan fingerprint density at radius 1 is 1.05 bits per heavy atom. The van der Waals surface area contributed by atoms with E-state index in [4.69, 9.17) is 0 Å². The van der Waals surface area contributed by atoms with Gasteiger partial charge in [0.15, 0.2) is 4.90 Å². The van der Waals surface area contributed by atoms with Gasteiger partial charge in [0.25, 0.3) is 11.5 Å². The van der Waals surface area contributed by atoms with Crippen molar-refractivity contribution in [2.24, 2.45) is 0 Å². The number of anilines is 1. The molecule has 0 saturated carbocycles. The van der Waals surface area contributed by atoms with Gasteiger partial charge in [0.1, 0.15) is 12.3 Å². The van der Waals surface area contributed by atoms with E-state index >= 15 is 0 Å². The smallest absolute Gasteiger partial charge is 0.430 e. The van der Waals surface area contributed by atoms with Gasteiger partial charge in [-0.15, -0.1) is 0 Å². The van der Waals surface area contributed by atoms with Crippen molar-refractivity contribution < 1.29 is 55.1 Å². The van der Waals surface area contributed by atoms with Crippen molar-refractivity contribution >= 4 is 34.6 Å². The van der Waals surface area contributed by atoms with E-state index in [9.17, 15) is 50.4 Å². The average Bonchev–Trinajstić information content (AvgIpc) is 2.90. The minimum atomic E-state index is -6.07. The monoisotopic (exact) mass is 608 g/mol. The first-order valence-corrected chi connectivity index (χ1v) is 13.7. The van der Waals surface area contributed by atoms with Gasteiger partial charge >= 0.3 is 18.3 Å². The summed E-state index contributed by atoms with van der Waals surface area (Å²) in [6, 6.07) is 5.76. The summed E-state index contributed by atoms with van der Waals surface area (Å²) >= 11 is -1.34. The van der Waals surface area contributed by atoms with Gasteiger partial charge < -0.3 is 24.6 Å². The minimum absolute atomic E-state index is 0.0379. The van der Waals surface area contributed by atoms with Crippen molar-refractivity contribution in [2.75, 3.05) is 25.2 Å². The summed E-state index contributed by atoms with van der Waals surface area (Å²) in [5.74, 6) is -1.81. The number of halogens is 6. The van der Waals surface area contributed by atoms with E-state index in [1.54, 1.807) is 6.07 Å². The van der Waals surface area contributed by atoms with Crippen molar-refractivity contribution in [1.29, 1.82) is 0 Å². The van der Waals surface area contributed by atoms with E-state index in [1.807, 2.05) is 0 Å². The number of alkyl halides is 6. The van der Waals surface area contributed by atoms with Crippen molar-refractivity contribution in [3.05, 3.63) is 59.2 Å². The summed E-state index contributed by atoms with van der Waals surface area (Å²) < 4.78 is 95.8. The van der Waals surface area contributed by atoms with Crippen LogP contribution in [0.2, 0.25) is 0 Å². The number of carbonyl (C=O) groups is 3. The highest BCUT2D eigenvalue weighted by Crippen LogP contribution is 2.50. The van der Waals surface area contributed by atoms with Crippen LogP contribution in [0.1, 0.15) is 42.0 Å². The van der Waals surface area contributed by atoms with Crippen LogP contribution in [0, 0.1) is 0 Å². The summed E-state index contributed by atoms with van der Waals surface area (Å²) in [6.45, 7) is 0.0745. The molecule has 0 fully saturated rings. The number of aliphatic hydroxyl groups is 1. The van der Waals surface area contributed by atoms with E-state index in [2.05, 4.69) is 10.1 Å². The van der Waals surface area contributed by atoms with E-state index in [1.165, 1.54) is 30.4 Å². The standard InChI is InChI=1S/C26H26F6N2O6S/c1-40-21(36)5-3-4-20(35)34-13-12-15-14-18(41(2)39)10-11-19(15)22(34)23(37)33-17-8-6-16(7-9-17)24(38,25(27,28)29)26(30,31)32/h6-11,14,22,38H,3-5,12-13H2,1-2H3,(H,33,37). The first-order valence-electron chi connectivity index (χ1n) is 12.1. The number of amides is 2. The van der Waals surface area contributed by atoms with Crippen LogP contribution in [-0.2, 0) is 42.3 Å². The van der Waals surface area contributed by atoms with Crippen LogP contribution in [-0.4, -0.2) is 64.6 Å². The van der Waals surface area contributed by atoms with E-state index in [-0.39, 0.29) is 31.5 Å². The number of methoxy groups -OCH3 is 1. The van der Waals surface area contributed by atoms with Crippen LogP contribution in [0.3, 0.4) is 0 Å². The van der Waals surface area contributed by atoms with Gasteiger partial charge in [-0.3, -0.25) is 14.4 Å². The molecule has 2 aromatic rings. The molecule has 2 amide bonds. The average molecular weight is 609 g/mol. The molecule has 0 aliphatic carbocycles. The van der Waals surface area contributed by atoms with Crippen molar-refractivity contribution in [3.63, 3.8) is 0 Å². The Morgan fingerprint density at radius 3 is 2.20 bits per heavy atom. The lowest BCUT2D eigenvalue weighted by atomic mass is 9.91. The fourth-order valence-electron chi connectivity index (χ4n) is 4.46. The summed E-state index contributed by atoms with van der Waals surface area (Å²) in [6.07, 6.45) is -10.4. The lowest BCUT2D eigenvalue weighted by Crippen LogP contribution is -2.53. The first-order chi connectivity index (χ1) is 19.0. The summed E-state index contributed by atoms with van der Waals surface area (Å²) in [5.41, 5.74) is -5.80. The van der Waals surface area contributed by atoms with E-state index < -0.39 is 58.5 Å². The molecule has 0 radical (unpaired) electrons. The molecule has 2 atom stereocenters. The number of carbonyl (C=O) groups excluding carboxylic acids is 3. The number of rotatable bonds is 8. The molecule has 0 spiro atoms. The van der Waals surface area contributed by atoms with Gasteiger partial charge in [0.2, 0.25) is 5.91 Å². The van der Waals surface area contributed by atoms with Gasteiger partial charge in [-0.2, -0.15) is 26.3 Å². The molecule has 41 heavy (non-hydrogen) atoms. The molecule has 1 aliphatic rings. The summed E-state index contributed by atoms with van der Waals surface area (Å²) in [4.78, 5) is 39.7. The second-order valence-electron chi connectivity index (χ2n) is 9.26. The Labute approximate surface area is 233 Å². The third-order valence-corrected chi connectivity index (χ3v) is 7.55. The highest BCUT2D eigenvalue weighted by molar-refractivity contribution is 7.90. The largest absolute Gasteiger partial charge is 0.612 e. The SMILES string of the molecule is COC(=O)CCCC(=O)N1CCc2cc([S+](C)[O-])ccc2C1C(=O)Nc1ccc(C(O)(C(F)(F)F)C(F)(F)F)cc1. The number of benzene rings is 2. The molecule has 1 aliphatic heterocycles. The molecule has 0 aromatic heterocycles. The minimum Gasteiger partial charge on any atom is -0.612 e. The van der Waals surface area contributed by atoms with Crippen LogP contribution in [0.5, 0.6) is 0 Å². The molecule has 2 N–H and O–H groups in total. The molecule has 1 heterocycles. The maximum Gasteiger partial charge on any atom is 0.430 e. The topological polar surface area (TPSA) is 119 Å². The Kier molecular flexibility index (Phi) is 9.65. The van der Waals surface area contributed by atoms with E-state index in [0.717, 1.165) is 12.1 Å². The molecule has 3 rings (SSSR count). The maximum atomic E-state index is 13.4. The van der Waals surface area contributed by atoms with Gasteiger partial charge in [-0.05, 0) is 59.4 Å². The Hall–Kier alpha value is -3.30. The molecular weight excluding hydrogens is 582 g/mol. The van der Waals surface area contributed by atoms with Gasteiger partial charge in [0.05, 0.1) is 7.11 Å². The fraction of sp³-hybridized carbons (Fsp3) is 0.423. The molecular formula is C26H26F6N2O6S. The molecule has 2 aromatic carbocycles. The predicted molar refractivity (Wildman–Crippen MR) is 134 cm³/mol. The molecule has 8 nitrogen and oxygen atoms in total. The normalized spacial score (nSPS) is 16.5. The number of fused-ring (bicyclic) bond motifs is 1. The second-order valence-corrected chi connectivity index (χ2v) is 10.6. The number of nitrogens with one attached hydrogen (secondary N) is 1. The lowest BCUT2D eigenvalue weighted by molar-refractivity contribution is -0.376. The van der Waals surface area contributed by atoms with Crippen molar-refractivity contribution in [1.82, 2.24) is 4.90 Å². The summed E-state index contributed by atoms with van der Waals surface area (Å²) in [7, 11) is 1.20. The number of hydrogen-bond donors (Lipinski definition) is 2. The fourth-order valence-corrected chi connectivity index (χ4v) is 5.02. The molecule has 15 heteroatoms. The zero-order chi connectivity index (χ0) is 30.8. The number of nitrogens with zero attached hydrogens (tertiary/aromatic N) is 1. The highest BCUT2D eigenvalue weighted by atomic mass is 32.2. The molecule has 2 unspecified atom stereocenters. The van der Waals surface area contributed by atoms with Gasteiger partial charge in [-0.1, -0.05) is 18.2 Å². The van der Waals surface area contributed by atoms with Crippen LogP contribution >= 0.6 is 0 Å². The zero-order valence-corrected chi connectivity index (χ0v) is 22.6. The number of ether oxygens (including phenoxy) is 1. The Balaban J connectivity index is 1.91. The quantitative estimate of drug-likeness (QED) is 0.264. The molecule has 0 saturated heterocycles. The maximum absolute atomic E-state index is 13.4. The van der Waals surface area contributed by atoms with Crippen LogP contribution in [0.15, 0.2) is 47.4 Å². The second kappa shape index (κ2) is 12.3. The van der Waals surface area contributed by atoms with Crippen LogP contribution in [0.25, 0.3) is 0 Å². The van der Waals surface area contributed by atoms with Gasteiger partial charge in [0, 0.05) is 30.6 Å². The number of hydrogen-bond acceptors (Lipinski definition) is 6. The highest BCUT2D eigenvalue weighted by Gasteiger charge is 2.71. The molecule has 0 bridgehead atoms. The zero-order valence-electron chi connectivity index (χ0n) is 21.8. The van der Waals surface area contributed by atoms with Crippen LogP contribution in [0.4, 0.5) is 32.0 Å². The third kappa shape index (κ3) is 6.79. The Bertz CT molecular complexity index is 1270. The lowest BCUT2D eigenvalue weighted by Gasteiger charge is -2.36. The van der Waals surface area contributed by atoms with E-state index in [0.29, 0.717) is 34.6 Å². The van der Waals surface area contributed by atoms with Crippen molar-refractivity contribution in [3.8, 4) is 0 Å². The predicted octanol–water partition coefficient (Wildman–Crippen LogP) is 4.14. The first kappa shape index (κ1) is 32.2. The third-order valence-electron chi connectivity index (χ3n) is 6.63. The van der Waals surface area contributed by atoms with Crippen molar-refractivity contribution in [2.45, 2.75) is 54.6 Å². The number of esters is 1. The van der Waals surface area contributed by atoms with Gasteiger partial charge in [-0.25, -0.2) is 0 Å². The summed E-state index contributed by atoms with van der Waals surface area (Å²) in [5, 5.41) is 12.0. The van der Waals surface area contributed by atoms with Crippen LogP contribution < -0.4 is 5.32 Å².